The van der Waals surface area contributed by atoms with E-state index >= 15 is 0 Å². The first-order valence-electron chi connectivity index (χ1n) is 25.1. The summed E-state index contributed by atoms with van der Waals surface area (Å²) < 4.78 is 18.0. The lowest BCUT2D eigenvalue weighted by Crippen LogP contribution is -2.42. The summed E-state index contributed by atoms with van der Waals surface area (Å²) in [7, 11) is 0. The van der Waals surface area contributed by atoms with Crippen LogP contribution in [0.3, 0.4) is 0 Å². The number of phenols is 1. The van der Waals surface area contributed by atoms with Crippen LogP contribution >= 0.6 is 0 Å². The quantitative estimate of drug-likeness (QED) is 0.0318. The summed E-state index contributed by atoms with van der Waals surface area (Å²) in [5, 5.41) is 41.4. The summed E-state index contributed by atoms with van der Waals surface area (Å²) >= 11 is 0. The van der Waals surface area contributed by atoms with Crippen LogP contribution in [0.1, 0.15) is 84.5 Å². The Hall–Kier alpha value is -10.0. The van der Waals surface area contributed by atoms with Crippen molar-refractivity contribution in [1.29, 1.82) is 0 Å². The molecule has 0 bridgehead atoms. The molecule has 0 saturated heterocycles. The van der Waals surface area contributed by atoms with Crippen LogP contribution in [0, 0.1) is 25.7 Å². The largest absolute Gasteiger partial charge is 0.508 e. The molecule has 6 N–H and O–H groups in total. The highest BCUT2D eigenvalue weighted by Crippen LogP contribution is 2.44. The number of aliphatic carboxylic acids is 1. The second kappa shape index (κ2) is 22.5. The van der Waals surface area contributed by atoms with Crippen LogP contribution in [-0.4, -0.2) is 77.3 Å². The number of aromatic hydroxyl groups is 1. The van der Waals surface area contributed by atoms with Gasteiger partial charge in [-0.2, -0.15) is 0 Å². The van der Waals surface area contributed by atoms with Crippen LogP contribution in [0.2, 0.25) is 0 Å². The third-order valence-electron chi connectivity index (χ3n) is 13.2. The fourth-order valence-electron chi connectivity index (χ4n) is 9.49. The van der Waals surface area contributed by atoms with Gasteiger partial charge in [0, 0.05) is 99.2 Å². The number of amides is 2. The van der Waals surface area contributed by atoms with Crippen LogP contribution < -0.4 is 26.7 Å². The molecule has 16 nitrogen and oxygen atoms in total. The Balaban J connectivity index is 0.909. The number of anilines is 1. The minimum absolute atomic E-state index is 0.0414. The van der Waals surface area contributed by atoms with E-state index in [-0.39, 0.29) is 69.9 Å². The number of nitrogens with one attached hydrogen (secondary N) is 3. The van der Waals surface area contributed by atoms with E-state index in [2.05, 4.69) is 32.8 Å². The second-order valence-corrected chi connectivity index (χ2v) is 18.4. The molecule has 5 aromatic rings. The molecule has 9 rings (SSSR count). The predicted octanol–water partition coefficient (Wildman–Crippen LogP) is 9.84. The Labute approximate surface area is 446 Å². The number of fused-ring (bicyclic) bond motifs is 4. The lowest BCUT2D eigenvalue weighted by molar-refractivity contribution is -0.139. The number of rotatable bonds is 15. The van der Waals surface area contributed by atoms with Crippen molar-refractivity contribution in [2.75, 3.05) is 31.6 Å². The maximum Gasteiger partial charge on any atom is 0.338 e. The van der Waals surface area contributed by atoms with Gasteiger partial charge in [-0.3, -0.25) is 19.4 Å². The zero-order valence-electron chi connectivity index (χ0n) is 43.1. The van der Waals surface area contributed by atoms with Gasteiger partial charge < -0.3 is 44.8 Å². The minimum Gasteiger partial charge on any atom is -0.508 e. The van der Waals surface area contributed by atoms with Gasteiger partial charge in [-0.1, -0.05) is 36.1 Å². The van der Waals surface area contributed by atoms with Gasteiger partial charge in [0.15, 0.2) is 5.43 Å². The number of ether oxygens (including phenoxy) is 1. The zero-order chi connectivity index (χ0) is 55.4. The van der Waals surface area contributed by atoms with Gasteiger partial charge in [0.05, 0.1) is 29.6 Å². The van der Waals surface area contributed by atoms with Crippen LogP contribution in [0.5, 0.6) is 5.75 Å². The second-order valence-electron chi connectivity index (χ2n) is 18.4. The van der Waals surface area contributed by atoms with E-state index in [1.165, 1.54) is 54.6 Å². The Kier molecular flexibility index (Phi) is 15.2. The Bertz CT molecular complexity index is 4030. The molecule has 2 aliphatic carbocycles. The number of aromatic carboxylic acids is 1. The highest BCUT2D eigenvalue weighted by atomic mass is 16.5. The van der Waals surface area contributed by atoms with Crippen LogP contribution in [0.25, 0.3) is 66.8 Å². The molecule has 0 spiro atoms. The average Bonchev–Trinajstić information content (AvgIpc) is 3.62. The topological polar surface area (TPSA) is 247 Å². The molecule has 0 unspecified atom stereocenters. The number of carboxylic acids is 2. The van der Waals surface area contributed by atoms with Crippen molar-refractivity contribution in [3.8, 4) is 62.5 Å². The van der Waals surface area contributed by atoms with E-state index in [0.29, 0.717) is 63.2 Å². The first kappa shape index (κ1) is 52.8. The number of carbonyl (C=O) groups is 5. The first-order valence-corrected chi connectivity index (χ1v) is 25.1. The van der Waals surface area contributed by atoms with Gasteiger partial charge in [-0.05, 0) is 135 Å². The molecule has 1 atom stereocenters. The molecule has 0 radical (unpaired) electrons. The van der Waals surface area contributed by atoms with Crippen LogP contribution in [0.4, 0.5) is 5.69 Å². The van der Waals surface area contributed by atoms with Crippen molar-refractivity contribution in [3.63, 3.8) is 0 Å². The number of phenolic OH excluding ortho intramolecular Hbond substituents is 1. The van der Waals surface area contributed by atoms with E-state index in [1.807, 2.05) is 52.0 Å². The van der Waals surface area contributed by atoms with E-state index in [4.69, 9.17) is 13.6 Å². The maximum atomic E-state index is 14.0. The molecular formula is C62H52N4O12. The Morgan fingerprint density at radius 3 is 2.04 bits per heavy atom. The lowest BCUT2D eigenvalue weighted by Gasteiger charge is -2.20. The SMILES string of the molecule is CCN=c1cc2oc3cc(NCC)c(C)cc3c(-c3ccc(C(=O)N[C@@H](Cc4ccc(C#CCNC(=O)c5ccc(-c6c7ccc(=O)cc-7oc7cc(O)ccc67)c(C(=O)O)c5)cc4)C(=O)O)cc3C(=O)OCC)c-2cc1C. The molecule has 16 heteroatoms. The number of benzene rings is 7. The number of nitrogens with zero attached hydrogens (tertiary/aromatic N) is 1. The van der Waals surface area contributed by atoms with Crippen molar-refractivity contribution in [2.24, 2.45) is 4.99 Å². The Morgan fingerprint density at radius 1 is 0.679 bits per heavy atom. The van der Waals surface area contributed by atoms with E-state index in [1.54, 1.807) is 49.4 Å². The van der Waals surface area contributed by atoms with Crippen molar-refractivity contribution >= 4 is 57.3 Å². The predicted molar refractivity (Wildman–Crippen MR) is 295 cm³/mol. The van der Waals surface area contributed by atoms with Crippen molar-refractivity contribution in [2.45, 2.75) is 47.1 Å². The third kappa shape index (κ3) is 10.9. The molecule has 5 aromatic carbocycles. The molecule has 0 saturated carbocycles. The summed E-state index contributed by atoms with van der Waals surface area (Å²) in [6.45, 7) is 10.8. The third-order valence-corrected chi connectivity index (χ3v) is 13.2. The highest BCUT2D eigenvalue weighted by Gasteiger charge is 2.28. The minimum atomic E-state index is -1.36. The number of hydrogen-bond acceptors (Lipinski definition) is 12. The van der Waals surface area contributed by atoms with Crippen molar-refractivity contribution < 1.29 is 52.9 Å². The van der Waals surface area contributed by atoms with Crippen molar-refractivity contribution in [1.82, 2.24) is 10.6 Å². The molecule has 2 aliphatic heterocycles. The number of carboxylic acid groups (broad SMARTS) is 2. The summed E-state index contributed by atoms with van der Waals surface area (Å²) in [6, 6.07) is 30.5. The van der Waals surface area contributed by atoms with Gasteiger partial charge in [-0.25, -0.2) is 14.4 Å². The number of aryl methyl sites for hydroxylation is 2. The zero-order valence-corrected chi connectivity index (χ0v) is 43.1. The first-order chi connectivity index (χ1) is 37.5. The summed E-state index contributed by atoms with van der Waals surface area (Å²) in [5.74, 6) is 1.90. The fraction of sp³-hybridized carbons (Fsp3) is 0.177. The van der Waals surface area contributed by atoms with Gasteiger partial charge in [0.1, 0.15) is 34.5 Å². The van der Waals surface area contributed by atoms with Crippen LogP contribution in [-0.2, 0) is 16.0 Å². The molecule has 2 amide bonds. The van der Waals surface area contributed by atoms with E-state index < -0.39 is 35.8 Å². The molecule has 0 fully saturated rings. The normalized spacial score (nSPS) is 11.8. The van der Waals surface area contributed by atoms with Crippen molar-refractivity contribution in [3.05, 3.63) is 181 Å². The number of carbonyl (C=O) groups excluding carboxylic acids is 3. The number of esters is 1. The molecule has 78 heavy (non-hydrogen) atoms. The average molecular weight is 1050 g/mol. The standard InChI is InChI=1S/C62H52N4O12/c1-6-63-49-31-54-47(24-33(49)4)57(48-25-34(5)50(64-7-2)32-55(48)78-54)42-20-16-38(28-46(42)62(75)76-8-3)59(70)66-51(61(73)74)26-36-13-11-35(12-14-36)10-9-23-65-58(69)37-15-19-41(45(27-37)60(71)72)56-43-21-17-39(67)29-52(43)77-53-30-40(68)18-22-44(53)56/h11-22,24-25,27-32,51,63,67H,6-8,23,26H2,1-5H3,(H,65,69)(H,66,70)(H,71,72)(H,73,74)/t51-/m0/s1. The molecule has 392 valence electrons. The molecule has 0 aromatic heterocycles. The number of hydrogen-bond donors (Lipinski definition) is 6. The smallest absolute Gasteiger partial charge is 0.338 e. The lowest BCUT2D eigenvalue weighted by atomic mass is 9.88. The summed E-state index contributed by atoms with van der Waals surface area (Å²) in [6.07, 6.45) is -0.0904. The molecule has 4 aliphatic rings. The molecular weight excluding hydrogens is 993 g/mol. The summed E-state index contributed by atoms with van der Waals surface area (Å²) in [5.41, 5.74) is 7.39. The van der Waals surface area contributed by atoms with Gasteiger partial charge in [-0.15, -0.1) is 0 Å². The van der Waals surface area contributed by atoms with Gasteiger partial charge in [0.2, 0.25) is 0 Å². The van der Waals surface area contributed by atoms with Crippen LogP contribution in [0.15, 0.2) is 140 Å². The van der Waals surface area contributed by atoms with E-state index in [9.17, 15) is 44.1 Å². The van der Waals surface area contributed by atoms with E-state index in [0.717, 1.165) is 33.1 Å². The maximum absolute atomic E-state index is 14.0. The monoisotopic (exact) mass is 1040 g/mol. The highest BCUT2D eigenvalue weighted by molar-refractivity contribution is 6.11. The summed E-state index contributed by atoms with van der Waals surface area (Å²) in [4.78, 5) is 83.3. The molecule has 2 heterocycles. The Morgan fingerprint density at radius 2 is 1.35 bits per heavy atom. The van der Waals surface area contributed by atoms with Gasteiger partial charge in [0.25, 0.3) is 11.8 Å². The fourth-order valence-corrected chi connectivity index (χ4v) is 9.49. The van der Waals surface area contributed by atoms with Gasteiger partial charge >= 0.3 is 17.9 Å².